The van der Waals surface area contributed by atoms with Crippen LogP contribution in [0.1, 0.15) is 25.7 Å². The smallest absolute Gasteiger partial charge is 0.245 e. The van der Waals surface area contributed by atoms with E-state index in [2.05, 4.69) is 4.98 Å². The molecule has 2 aliphatic rings. The lowest BCUT2D eigenvalue weighted by Gasteiger charge is -2.33. The molecule has 5 rings (SSSR count). The molecule has 7 nitrogen and oxygen atoms in total. The van der Waals surface area contributed by atoms with Crippen LogP contribution >= 0.6 is 11.3 Å². The van der Waals surface area contributed by atoms with Crippen LogP contribution in [0, 0.1) is 29.2 Å². The molecule has 2 fully saturated rings. The number of ether oxygens (including phenoxy) is 1. The van der Waals surface area contributed by atoms with Crippen molar-refractivity contribution in [1.82, 2.24) is 9.29 Å². The van der Waals surface area contributed by atoms with Gasteiger partial charge in [0.25, 0.3) is 0 Å². The summed E-state index contributed by atoms with van der Waals surface area (Å²) in [6, 6.07) is 4.17. The van der Waals surface area contributed by atoms with Crippen molar-refractivity contribution in [2.24, 2.45) is 5.92 Å². The topological polar surface area (TPSA) is 79.8 Å². The molecule has 0 saturated carbocycles. The van der Waals surface area contributed by atoms with E-state index in [9.17, 15) is 30.8 Å². The zero-order chi connectivity index (χ0) is 26.3. The van der Waals surface area contributed by atoms with E-state index in [0.717, 1.165) is 52.7 Å². The second-order valence-electron chi connectivity index (χ2n) is 9.07. The molecule has 0 aliphatic carbocycles. The first-order valence-corrected chi connectivity index (χ1v) is 14.0. The monoisotopic (exact) mass is 557 g/mol. The second-order valence-corrected chi connectivity index (χ2v) is 12.0. The van der Waals surface area contributed by atoms with Gasteiger partial charge in [0.1, 0.15) is 27.9 Å². The molecule has 0 N–H and O–H groups in total. The number of hydrogen-bond donors (Lipinski definition) is 0. The molecule has 0 spiro atoms. The number of nitrogens with zero attached hydrogens (tertiary/aromatic N) is 3. The molecule has 13 heteroatoms. The summed E-state index contributed by atoms with van der Waals surface area (Å²) in [6.07, 6.45) is 1.66. The highest BCUT2D eigenvalue weighted by Crippen LogP contribution is 2.34. The number of rotatable bonds is 6. The number of carbonyl (C=O) groups excluding carboxylic acids is 1. The summed E-state index contributed by atoms with van der Waals surface area (Å²) in [6.45, 7) is 0.663. The Hall–Kier alpha value is -2.61. The summed E-state index contributed by atoms with van der Waals surface area (Å²) >= 11 is 0.994. The molecule has 3 heterocycles. The number of sulfonamides is 1. The predicted molar refractivity (Wildman–Crippen MR) is 129 cm³/mol. The third-order valence-electron chi connectivity index (χ3n) is 6.62. The molecule has 0 bridgehead atoms. The normalized spacial score (nSPS) is 19.5. The highest BCUT2D eigenvalue weighted by molar-refractivity contribution is 7.89. The van der Waals surface area contributed by atoms with Gasteiger partial charge in [0.15, 0.2) is 10.9 Å². The Morgan fingerprint density at radius 2 is 1.78 bits per heavy atom. The lowest BCUT2D eigenvalue weighted by atomic mass is 9.96. The van der Waals surface area contributed by atoms with Crippen LogP contribution in [-0.2, 0) is 19.6 Å². The average molecular weight is 558 g/mol. The highest BCUT2D eigenvalue weighted by Gasteiger charge is 2.37. The zero-order valence-corrected chi connectivity index (χ0v) is 21.1. The van der Waals surface area contributed by atoms with E-state index in [1.165, 1.54) is 4.90 Å². The van der Waals surface area contributed by atoms with Crippen LogP contribution in [0.4, 0.5) is 22.7 Å². The summed E-state index contributed by atoms with van der Waals surface area (Å²) in [7, 11) is -4.22. The number of anilines is 1. The number of amides is 1. The van der Waals surface area contributed by atoms with Gasteiger partial charge in [-0.05, 0) is 43.9 Å². The Bertz CT molecular complexity index is 1440. The fourth-order valence-electron chi connectivity index (χ4n) is 4.70. The van der Waals surface area contributed by atoms with Gasteiger partial charge in [-0.3, -0.25) is 9.69 Å². The van der Waals surface area contributed by atoms with Crippen LogP contribution in [0.5, 0.6) is 0 Å². The maximum absolute atomic E-state index is 14.3. The van der Waals surface area contributed by atoms with Gasteiger partial charge in [0, 0.05) is 37.7 Å². The minimum atomic E-state index is -4.22. The van der Waals surface area contributed by atoms with Crippen molar-refractivity contribution in [3.05, 3.63) is 53.6 Å². The Kier molecular flexibility index (Phi) is 7.22. The van der Waals surface area contributed by atoms with Crippen LogP contribution < -0.4 is 4.90 Å². The highest BCUT2D eigenvalue weighted by atomic mass is 32.2. The van der Waals surface area contributed by atoms with E-state index in [-0.39, 0.29) is 59.8 Å². The van der Waals surface area contributed by atoms with Gasteiger partial charge in [0.2, 0.25) is 15.9 Å². The third kappa shape index (κ3) is 5.22. The Labute approximate surface area is 214 Å². The largest absolute Gasteiger partial charge is 0.376 e. The molecule has 3 aromatic rings. The summed E-state index contributed by atoms with van der Waals surface area (Å²) in [5.41, 5.74) is -0.0335. The quantitative estimate of drug-likeness (QED) is 0.418. The first-order chi connectivity index (χ1) is 17.6. The molecular formula is C24H23F4N3O4S2. The number of carbonyl (C=O) groups is 1. The zero-order valence-electron chi connectivity index (χ0n) is 19.5. The Morgan fingerprint density at radius 1 is 1.05 bits per heavy atom. The number of thiazole rings is 1. The summed E-state index contributed by atoms with van der Waals surface area (Å²) in [5.74, 6) is -4.53. The number of aromatic nitrogens is 1. The average Bonchev–Trinajstić information content (AvgIpc) is 3.52. The minimum absolute atomic E-state index is 0.0335. The molecule has 37 heavy (non-hydrogen) atoms. The fourth-order valence-corrected chi connectivity index (χ4v) is 7.24. The van der Waals surface area contributed by atoms with Gasteiger partial charge < -0.3 is 4.74 Å². The molecule has 1 amide bonds. The van der Waals surface area contributed by atoms with Crippen molar-refractivity contribution < 1.29 is 35.5 Å². The van der Waals surface area contributed by atoms with Crippen LogP contribution in [0.3, 0.4) is 0 Å². The molecule has 1 aromatic heterocycles. The first-order valence-electron chi connectivity index (χ1n) is 11.8. The molecule has 2 saturated heterocycles. The van der Waals surface area contributed by atoms with Crippen molar-refractivity contribution in [2.45, 2.75) is 36.7 Å². The molecule has 2 aliphatic heterocycles. The second kappa shape index (κ2) is 10.3. The number of halogens is 4. The SMILES string of the molecule is O=C(C1CCN(S(=O)(=O)c2ccc(F)cc2F)CC1)N(CC1CCCO1)c1nc2c(F)cc(F)cc2s1. The van der Waals surface area contributed by atoms with Gasteiger partial charge in [0.05, 0.1) is 17.3 Å². The number of hydrogen-bond acceptors (Lipinski definition) is 6. The van der Waals surface area contributed by atoms with Crippen molar-refractivity contribution in [3.8, 4) is 0 Å². The summed E-state index contributed by atoms with van der Waals surface area (Å²) in [4.78, 5) is 18.7. The van der Waals surface area contributed by atoms with Gasteiger partial charge >= 0.3 is 0 Å². The summed E-state index contributed by atoms with van der Waals surface area (Å²) < 4.78 is 88.3. The van der Waals surface area contributed by atoms with Crippen LogP contribution in [0.25, 0.3) is 10.2 Å². The molecular weight excluding hydrogens is 534 g/mol. The van der Waals surface area contributed by atoms with Crippen molar-refractivity contribution in [1.29, 1.82) is 0 Å². The predicted octanol–water partition coefficient (Wildman–Crippen LogP) is 4.47. The number of piperidine rings is 1. The van der Waals surface area contributed by atoms with E-state index in [0.29, 0.717) is 12.7 Å². The molecule has 2 aromatic carbocycles. The molecule has 1 atom stereocenters. The standard InChI is InChI=1S/C24H23F4N3O4S2/c25-15-3-4-21(18(27)10-15)37(33,34)30-7-5-14(6-8-30)23(32)31(13-17-2-1-9-35-17)24-29-22-19(28)11-16(26)12-20(22)36-24/h3-4,10-12,14,17H,1-2,5-9,13H2. The number of benzene rings is 2. The fraction of sp³-hybridized carbons (Fsp3) is 0.417. The van der Waals surface area contributed by atoms with Crippen LogP contribution in [0.2, 0.25) is 0 Å². The lowest BCUT2D eigenvalue weighted by molar-refractivity contribution is -0.123. The van der Waals surface area contributed by atoms with E-state index < -0.39 is 44.1 Å². The first kappa shape index (κ1) is 26.0. The maximum atomic E-state index is 14.3. The van der Waals surface area contributed by atoms with Crippen molar-refractivity contribution in [2.75, 3.05) is 31.1 Å². The van der Waals surface area contributed by atoms with E-state index in [1.807, 2.05) is 0 Å². The van der Waals surface area contributed by atoms with E-state index >= 15 is 0 Å². The molecule has 0 radical (unpaired) electrons. The Morgan fingerprint density at radius 3 is 2.46 bits per heavy atom. The van der Waals surface area contributed by atoms with Crippen molar-refractivity contribution in [3.63, 3.8) is 0 Å². The van der Waals surface area contributed by atoms with Gasteiger partial charge in [-0.2, -0.15) is 4.31 Å². The van der Waals surface area contributed by atoms with E-state index in [4.69, 9.17) is 4.74 Å². The minimum Gasteiger partial charge on any atom is -0.376 e. The van der Waals surface area contributed by atoms with E-state index in [1.54, 1.807) is 0 Å². The van der Waals surface area contributed by atoms with Gasteiger partial charge in [-0.15, -0.1) is 0 Å². The van der Waals surface area contributed by atoms with Gasteiger partial charge in [-0.1, -0.05) is 11.3 Å². The third-order valence-corrected chi connectivity index (χ3v) is 9.58. The summed E-state index contributed by atoms with van der Waals surface area (Å²) in [5, 5.41) is 0.212. The maximum Gasteiger partial charge on any atom is 0.245 e. The van der Waals surface area contributed by atoms with Gasteiger partial charge in [-0.25, -0.2) is 31.0 Å². The number of fused-ring (bicyclic) bond motifs is 1. The molecule has 198 valence electrons. The molecule has 1 unspecified atom stereocenters. The van der Waals surface area contributed by atoms with Crippen molar-refractivity contribution >= 4 is 42.6 Å². The van der Waals surface area contributed by atoms with Crippen LogP contribution in [-0.4, -0.2) is 56.0 Å². The Balaban J connectivity index is 1.36. The lowest BCUT2D eigenvalue weighted by Crippen LogP contribution is -2.46. The van der Waals surface area contributed by atoms with Crippen LogP contribution in [0.15, 0.2) is 35.2 Å².